The van der Waals surface area contributed by atoms with Gasteiger partial charge in [0.1, 0.15) is 0 Å². The fourth-order valence-electron chi connectivity index (χ4n) is 2.46. The van der Waals surface area contributed by atoms with Gasteiger partial charge in [-0.05, 0) is 55.1 Å². The zero-order valence-electron chi connectivity index (χ0n) is 13.4. The summed E-state index contributed by atoms with van der Waals surface area (Å²) in [5, 5.41) is -0.375. The number of hydrogen-bond donors (Lipinski definition) is 0. The minimum absolute atomic E-state index is 0.375. The topological polar surface area (TPSA) is 35.5 Å². The van der Waals surface area contributed by atoms with Crippen molar-refractivity contribution in [1.82, 2.24) is 0 Å². The van der Waals surface area contributed by atoms with E-state index in [1.54, 1.807) is 0 Å². The molecular formula is C19H21ClO3. The zero-order chi connectivity index (χ0) is 16.7. The van der Waals surface area contributed by atoms with Gasteiger partial charge in [-0.3, -0.25) is 4.79 Å². The Morgan fingerprint density at radius 2 is 1.65 bits per heavy atom. The normalized spacial score (nSPS) is 11.8. The summed E-state index contributed by atoms with van der Waals surface area (Å²) in [7, 11) is 0. The molecule has 0 amide bonds. The molecule has 1 atom stereocenters. The van der Waals surface area contributed by atoms with Gasteiger partial charge < -0.3 is 9.47 Å². The van der Waals surface area contributed by atoms with Crippen LogP contribution in [0.3, 0.4) is 0 Å². The van der Waals surface area contributed by atoms with Crippen LogP contribution in [0.5, 0.6) is 11.5 Å². The Kier molecular flexibility index (Phi) is 6.48. The van der Waals surface area contributed by atoms with E-state index in [9.17, 15) is 4.79 Å². The van der Waals surface area contributed by atoms with Crippen LogP contribution in [0.2, 0.25) is 0 Å². The Labute approximate surface area is 142 Å². The molecule has 3 nitrogen and oxygen atoms in total. The fourth-order valence-corrected chi connectivity index (χ4v) is 2.67. The maximum atomic E-state index is 11.9. The Morgan fingerprint density at radius 3 is 2.26 bits per heavy atom. The van der Waals surface area contributed by atoms with Crippen molar-refractivity contribution in [3.8, 4) is 11.5 Å². The lowest BCUT2D eigenvalue weighted by atomic mass is 9.93. The van der Waals surface area contributed by atoms with Gasteiger partial charge in [-0.1, -0.05) is 36.4 Å². The van der Waals surface area contributed by atoms with E-state index in [1.807, 2.05) is 62.4 Å². The molecule has 23 heavy (non-hydrogen) atoms. The van der Waals surface area contributed by atoms with E-state index in [2.05, 4.69) is 0 Å². The first-order valence-corrected chi connectivity index (χ1v) is 8.16. The smallest absolute Gasteiger partial charge is 0.229 e. The average molecular weight is 333 g/mol. The molecule has 4 heteroatoms. The van der Waals surface area contributed by atoms with E-state index in [-0.39, 0.29) is 5.24 Å². The minimum atomic E-state index is -0.408. The van der Waals surface area contributed by atoms with Crippen molar-refractivity contribution >= 4 is 16.8 Å². The molecule has 0 aliphatic rings. The Morgan fingerprint density at radius 1 is 1.00 bits per heavy atom. The predicted molar refractivity (Wildman–Crippen MR) is 92.5 cm³/mol. The minimum Gasteiger partial charge on any atom is -0.490 e. The van der Waals surface area contributed by atoms with Crippen molar-refractivity contribution in [3.63, 3.8) is 0 Å². The maximum Gasteiger partial charge on any atom is 0.229 e. The molecule has 0 bridgehead atoms. The lowest BCUT2D eigenvalue weighted by molar-refractivity contribution is -0.113. The summed E-state index contributed by atoms with van der Waals surface area (Å²) in [6.45, 7) is 4.92. The lowest BCUT2D eigenvalue weighted by Gasteiger charge is -2.17. The number of rotatable bonds is 8. The van der Waals surface area contributed by atoms with E-state index in [4.69, 9.17) is 21.1 Å². The summed E-state index contributed by atoms with van der Waals surface area (Å²) in [5.74, 6) is 0.912. The molecule has 2 aromatic rings. The third-order valence-corrected chi connectivity index (χ3v) is 3.79. The van der Waals surface area contributed by atoms with Crippen LogP contribution in [0.25, 0.3) is 0 Å². The Balaban J connectivity index is 2.31. The molecule has 2 rings (SSSR count). The van der Waals surface area contributed by atoms with Crippen LogP contribution < -0.4 is 9.47 Å². The first kappa shape index (κ1) is 17.4. The molecule has 122 valence electrons. The van der Waals surface area contributed by atoms with E-state index in [0.717, 1.165) is 11.1 Å². The highest BCUT2D eigenvalue weighted by Gasteiger charge is 2.21. The van der Waals surface area contributed by atoms with Crippen molar-refractivity contribution < 1.29 is 14.3 Å². The number of hydrogen-bond acceptors (Lipinski definition) is 3. The van der Waals surface area contributed by atoms with Crippen LogP contribution >= 0.6 is 11.6 Å². The zero-order valence-corrected chi connectivity index (χ0v) is 14.2. The Bertz CT molecular complexity index is 640. The van der Waals surface area contributed by atoms with Gasteiger partial charge in [0, 0.05) is 0 Å². The highest BCUT2D eigenvalue weighted by atomic mass is 35.5. The third kappa shape index (κ3) is 4.73. The SMILES string of the molecule is CCOc1ccc(C(Cc2ccccc2)C(=O)Cl)cc1OCC. The average Bonchev–Trinajstić information content (AvgIpc) is 2.55. The van der Waals surface area contributed by atoms with Gasteiger partial charge in [0.15, 0.2) is 11.5 Å². The fraction of sp³-hybridized carbons (Fsp3) is 0.316. The van der Waals surface area contributed by atoms with Crippen molar-refractivity contribution in [2.45, 2.75) is 26.2 Å². The van der Waals surface area contributed by atoms with Crippen molar-refractivity contribution in [2.24, 2.45) is 0 Å². The highest BCUT2D eigenvalue weighted by molar-refractivity contribution is 6.64. The van der Waals surface area contributed by atoms with Gasteiger partial charge in [0.05, 0.1) is 19.1 Å². The molecule has 0 saturated carbocycles. The van der Waals surface area contributed by atoms with Crippen LogP contribution in [-0.2, 0) is 11.2 Å². The molecule has 0 aliphatic heterocycles. The molecule has 0 N–H and O–H groups in total. The summed E-state index contributed by atoms with van der Waals surface area (Å²) in [6, 6.07) is 15.4. The molecule has 0 aromatic heterocycles. The molecule has 0 spiro atoms. The summed E-state index contributed by atoms with van der Waals surface area (Å²) >= 11 is 5.85. The number of carbonyl (C=O) groups excluding carboxylic acids is 1. The second-order valence-electron chi connectivity index (χ2n) is 5.12. The van der Waals surface area contributed by atoms with Gasteiger partial charge in [-0.25, -0.2) is 0 Å². The van der Waals surface area contributed by atoms with E-state index in [0.29, 0.717) is 31.1 Å². The first-order valence-electron chi connectivity index (χ1n) is 7.78. The van der Waals surface area contributed by atoms with Crippen LogP contribution in [0, 0.1) is 0 Å². The summed E-state index contributed by atoms with van der Waals surface area (Å²) in [4.78, 5) is 11.9. The predicted octanol–water partition coefficient (Wildman–Crippen LogP) is 4.58. The van der Waals surface area contributed by atoms with Gasteiger partial charge in [0.25, 0.3) is 0 Å². The van der Waals surface area contributed by atoms with Gasteiger partial charge in [0.2, 0.25) is 5.24 Å². The van der Waals surface area contributed by atoms with E-state index in [1.165, 1.54) is 0 Å². The van der Waals surface area contributed by atoms with Gasteiger partial charge in [-0.2, -0.15) is 0 Å². The second kappa shape index (κ2) is 8.59. The molecule has 2 aromatic carbocycles. The van der Waals surface area contributed by atoms with Crippen LogP contribution in [0.15, 0.2) is 48.5 Å². The molecule has 0 aliphatic carbocycles. The van der Waals surface area contributed by atoms with E-state index >= 15 is 0 Å². The van der Waals surface area contributed by atoms with Crippen LogP contribution in [0.1, 0.15) is 30.9 Å². The summed E-state index contributed by atoms with van der Waals surface area (Å²) in [5.41, 5.74) is 1.90. The molecule has 0 fully saturated rings. The summed E-state index contributed by atoms with van der Waals surface area (Å²) in [6.07, 6.45) is 0.558. The second-order valence-corrected chi connectivity index (χ2v) is 5.49. The first-order chi connectivity index (χ1) is 11.2. The quantitative estimate of drug-likeness (QED) is 0.664. The number of carbonyl (C=O) groups is 1. The third-order valence-electron chi connectivity index (χ3n) is 3.53. The van der Waals surface area contributed by atoms with Crippen LogP contribution in [0.4, 0.5) is 0 Å². The number of benzene rings is 2. The molecule has 1 unspecified atom stereocenters. The number of ether oxygens (including phenoxy) is 2. The van der Waals surface area contributed by atoms with Gasteiger partial charge in [-0.15, -0.1) is 0 Å². The monoisotopic (exact) mass is 332 g/mol. The maximum absolute atomic E-state index is 11.9. The number of halogens is 1. The standard InChI is InChI=1S/C19H21ClO3/c1-3-22-17-11-10-15(13-18(17)23-4-2)16(19(20)21)12-14-8-6-5-7-9-14/h5-11,13,16H,3-4,12H2,1-2H3. The van der Waals surface area contributed by atoms with E-state index < -0.39 is 5.92 Å². The lowest BCUT2D eigenvalue weighted by Crippen LogP contribution is -2.11. The van der Waals surface area contributed by atoms with Crippen molar-refractivity contribution in [3.05, 3.63) is 59.7 Å². The van der Waals surface area contributed by atoms with Crippen LogP contribution in [-0.4, -0.2) is 18.5 Å². The molecular weight excluding hydrogens is 312 g/mol. The highest BCUT2D eigenvalue weighted by Crippen LogP contribution is 2.33. The van der Waals surface area contributed by atoms with Gasteiger partial charge >= 0.3 is 0 Å². The molecule has 0 saturated heterocycles. The molecule has 0 heterocycles. The van der Waals surface area contributed by atoms with Crippen molar-refractivity contribution in [1.29, 1.82) is 0 Å². The van der Waals surface area contributed by atoms with Crippen molar-refractivity contribution in [2.75, 3.05) is 13.2 Å². The molecule has 0 radical (unpaired) electrons. The largest absolute Gasteiger partial charge is 0.490 e. The Hall–Kier alpha value is -2.00. The summed E-state index contributed by atoms with van der Waals surface area (Å²) < 4.78 is 11.2.